The van der Waals surface area contributed by atoms with Crippen LogP contribution < -0.4 is 4.74 Å². The van der Waals surface area contributed by atoms with Crippen LogP contribution in [0.2, 0.25) is 0 Å². The smallest absolute Gasteiger partial charge is 0.379 e. The molecule has 0 aromatic carbocycles. The molecule has 92 valence electrons. The molecule has 0 radical (unpaired) electrons. The van der Waals surface area contributed by atoms with E-state index < -0.39 is 11.8 Å². The number of nitrogens with zero attached hydrogens (tertiary/aromatic N) is 1. The SMILES string of the molecule is CCOC(=O)C(=O)c1cnc(OCC)cc1C. The molecule has 0 amide bonds. The van der Waals surface area contributed by atoms with Crippen LogP contribution in [0.15, 0.2) is 12.3 Å². The van der Waals surface area contributed by atoms with Crippen molar-refractivity contribution < 1.29 is 19.1 Å². The molecule has 1 heterocycles. The Morgan fingerprint density at radius 1 is 1.29 bits per heavy atom. The molecule has 0 fully saturated rings. The lowest BCUT2D eigenvalue weighted by molar-refractivity contribution is -0.137. The number of pyridine rings is 1. The maximum atomic E-state index is 11.7. The molecule has 0 spiro atoms. The molecule has 1 aromatic heterocycles. The van der Waals surface area contributed by atoms with Crippen molar-refractivity contribution in [2.45, 2.75) is 20.8 Å². The largest absolute Gasteiger partial charge is 0.478 e. The van der Waals surface area contributed by atoms with Gasteiger partial charge in [-0.25, -0.2) is 9.78 Å². The molecular formula is C12H15NO4. The number of ketones is 1. The minimum Gasteiger partial charge on any atom is -0.478 e. The fraction of sp³-hybridized carbons (Fsp3) is 0.417. The number of esters is 1. The highest BCUT2D eigenvalue weighted by Gasteiger charge is 2.20. The number of hydrogen-bond acceptors (Lipinski definition) is 5. The lowest BCUT2D eigenvalue weighted by atomic mass is 10.1. The second kappa shape index (κ2) is 5.98. The number of aromatic nitrogens is 1. The van der Waals surface area contributed by atoms with Gasteiger partial charge in [0.15, 0.2) is 0 Å². The summed E-state index contributed by atoms with van der Waals surface area (Å²) in [5.41, 5.74) is 0.883. The van der Waals surface area contributed by atoms with Gasteiger partial charge < -0.3 is 9.47 Å². The molecule has 0 aliphatic carbocycles. The van der Waals surface area contributed by atoms with Crippen LogP contribution in [0, 0.1) is 6.92 Å². The number of carbonyl (C=O) groups is 2. The topological polar surface area (TPSA) is 65.5 Å². The van der Waals surface area contributed by atoms with Crippen molar-refractivity contribution in [1.29, 1.82) is 0 Å². The molecule has 5 nitrogen and oxygen atoms in total. The van der Waals surface area contributed by atoms with E-state index in [-0.39, 0.29) is 12.2 Å². The molecule has 17 heavy (non-hydrogen) atoms. The third-order valence-electron chi connectivity index (χ3n) is 2.08. The Morgan fingerprint density at radius 3 is 2.53 bits per heavy atom. The molecule has 0 N–H and O–H groups in total. The lowest BCUT2D eigenvalue weighted by Gasteiger charge is -2.06. The highest BCUT2D eigenvalue weighted by Crippen LogP contribution is 2.14. The lowest BCUT2D eigenvalue weighted by Crippen LogP contribution is -2.18. The summed E-state index contributed by atoms with van der Waals surface area (Å²) in [6.45, 7) is 5.88. The Hall–Kier alpha value is -1.91. The molecule has 0 atom stereocenters. The highest BCUT2D eigenvalue weighted by molar-refractivity contribution is 6.40. The van der Waals surface area contributed by atoms with E-state index in [2.05, 4.69) is 9.72 Å². The molecule has 0 aliphatic rings. The van der Waals surface area contributed by atoms with Gasteiger partial charge in [-0.05, 0) is 26.3 Å². The number of rotatable bonds is 5. The maximum Gasteiger partial charge on any atom is 0.379 e. The third-order valence-corrected chi connectivity index (χ3v) is 2.08. The average molecular weight is 237 g/mol. The molecule has 1 rings (SSSR count). The first kappa shape index (κ1) is 13.2. The molecule has 0 bridgehead atoms. The summed E-state index contributed by atoms with van der Waals surface area (Å²) in [6, 6.07) is 1.62. The van der Waals surface area contributed by atoms with Gasteiger partial charge >= 0.3 is 5.97 Å². The van der Waals surface area contributed by atoms with Crippen molar-refractivity contribution in [3.05, 3.63) is 23.4 Å². The van der Waals surface area contributed by atoms with E-state index in [1.807, 2.05) is 6.92 Å². The normalized spacial score (nSPS) is 9.82. The van der Waals surface area contributed by atoms with Crippen molar-refractivity contribution in [2.24, 2.45) is 0 Å². The van der Waals surface area contributed by atoms with Crippen molar-refractivity contribution in [3.8, 4) is 5.88 Å². The molecule has 0 unspecified atom stereocenters. The standard InChI is InChI=1S/C12H15NO4/c1-4-16-10-6-8(3)9(7-13-10)11(14)12(15)17-5-2/h6-7H,4-5H2,1-3H3. The summed E-state index contributed by atoms with van der Waals surface area (Å²) in [5.74, 6) is -1.10. The maximum absolute atomic E-state index is 11.7. The number of carbonyl (C=O) groups excluding carboxylic acids is 2. The van der Waals surface area contributed by atoms with Gasteiger partial charge in [0, 0.05) is 12.3 Å². The quantitative estimate of drug-likeness (QED) is 0.441. The predicted molar refractivity (Wildman–Crippen MR) is 61.1 cm³/mol. The first-order chi connectivity index (χ1) is 8.10. The van der Waals surface area contributed by atoms with Gasteiger partial charge in [0.2, 0.25) is 5.88 Å². The number of aryl methyl sites for hydroxylation is 1. The van der Waals surface area contributed by atoms with Crippen molar-refractivity contribution in [3.63, 3.8) is 0 Å². The van der Waals surface area contributed by atoms with Crippen molar-refractivity contribution >= 4 is 11.8 Å². The van der Waals surface area contributed by atoms with Crippen molar-refractivity contribution in [2.75, 3.05) is 13.2 Å². The summed E-state index contributed by atoms with van der Waals surface area (Å²) in [7, 11) is 0. The summed E-state index contributed by atoms with van der Waals surface area (Å²) in [5, 5.41) is 0. The summed E-state index contributed by atoms with van der Waals surface area (Å²) in [6.07, 6.45) is 1.33. The monoisotopic (exact) mass is 237 g/mol. The Balaban J connectivity index is 2.92. The Kier molecular flexibility index (Phi) is 4.63. The first-order valence-electron chi connectivity index (χ1n) is 5.41. The van der Waals surface area contributed by atoms with Crippen LogP contribution in [0.3, 0.4) is 0 Å². The summed E-state index contributed by atoms with van der Waals surface area (Å²) in [4.78, 5) is 26.9. The zero-order chi connectivity index (χ0) is 12.8. The second-order valence-corrected chi connectivity index (χ2v) is 3.32. The van der Waals surface area contributed by atoms with E-state index in [1.165, 1.54) is 6.20 Å². The van der Waals surface area contributed by atoms with Crippen LogP contribution in [-0.4, -0.2) is 30.0 Å². The number of Topliss-reactive ketones (excluding diaryl/α,β-unsaturated/α-hetero) is 1. The number of ether oxygens (including phenoxy) is 2. The van der Waals surface area contributed by atoms with Gasteiger partial charge in [-0.15, -0.1) is 0 Å². The van der Waals surface area contributed by atoms with Crippen molar-refractivity contribution in [1.82, 2.24) is 4.98 Å². The average Bonchev–Trinajstić information content (AvgIpc) is 2.29. The van der Waals surface area contributed by atoms with E-state index >= 15 is 0 Å². The summed E-state index contributed by atoms with van der Waals surface area (Å²) >= 11 is 0. The molecule has 0 saturated carbocycles. The van der Waals surface area contributed by atoms with Gasteiger partial charge in [-0.2, -0.15) is 0 Å². The zero-order valence-corrected chi connectivity index (χ0v) is 10.1. The Morgan fingerprint density at radius 2 is 2.00 bits per heavy atom. The van der Waals surface area contributed by atoms with E-state index in [9.17, 15) is 9.59 Å². The molecule has 5 heteroatoms. The predicted octanol–water partition coefficient (Wildman–Crippen LogP) is 1.53. The Labute approximate surface area is 99.8 Å². The van der Waals surface area contributed by atoms with Gasteiger partial charge in [0.05, 0.1) is 18.8 Å². The van der Waals surface area contributed by atoms with E-state index in [0.717, 1.165) is 0 Å². The van der Waals surface area contributed by atoms with Gasteiger partial charge in [0.1, 0.15) is 0 Å². The van der Waals surface area contributed by atoms with Gasteiger partial charge in [-0.1, -0.05) is 0 Å². The summed E-state index contributed by atoms with van der Waals surface area (Å²) < 4.78 is 9.83. The number of hydrogen-bond donors (Lipinski definition) is 0. The van der Waals surface area contributed by atoms with Crippen LogP contribution in [0.5, 0.6) is 5.88 Å². The van der Waals surface area contributed by atoms with Crippen LogP contribution in [0.4, 0.5) is 0 Å². The first-order valence-corrected chi connectivity index (χ1v) is 5.41. The second-order valence-electron chi connectivity index (χ2n) is 3.32. The van der Waals surface area contributed by atoms with E-state index in [1.54, 1.807) is 19.9 Å². The van der Waals surface area contributed by atoms with Crippen LogP contribution in [0.25, 0.3) is 0 Å². The molecule has 1 aromatic rings. The minimum absolute atomic E-state index is 0.175. The molecule has 0 saturated heterocycles. The van der Waals surface area contributed by atoms with Crippen LogP contribution in [0.1, 0.15) is 29.8 Å². The van der Waals surface area contributed by atoms with E-state index in [0.29, 0.717) is 18.1 Å². The third kappa shape index (κ3) is 3.27. The Bertz CT molecular complexity index is 429. The van der Waals surface area contributed by atoms with E-state index in [4.69, 9.17) is 4.74 Å². The minimum atomic E-state index is -0.860. The van der Waals surface area contributed by atoms with Gasteiger partial charge in [-0.3, -0.25) is 4.79 Å². The van der Waals surface area contributed by atoms with Crippen LogP contribution in [-0.2, 0) is 9.53 Å². The fourth-order valence-corrected chi connectivity index (χ4v) is 1.30. The fourth-order valence-electron chi connectivity index (χ4n) is 1.30. The highest BCUT2D eigenvalue weighted by atomic mass is 16.5. The zero-order valence-electron chi connectivity index (χ0n) is 10.1. The molecule has 0 aliphatic heterocycles. The van der Waals surface area contributed by atoms with Gasteiger partial charge in [0.25, 0.3) is 5.78 Å². The molecular weight excluding hydrogens is 222 g/mol. The van der Waals surface area contributed by atoms with Crippen LogP contribution >= 0.6 is 0 Å².